The van der Waals surface area contributed by atoms with Crippen LogP contribution in [0.2, 0.25) is 0 Å². The van der Waals surface area contributed by atoms with Crippen molar-refractivity contribution in [2.75, 3.05) is 4.90 Å². The molecule has 2 aliphatic rings. The van der Waals surface area contributed by atoms with E-state index in [1.165, 1.54) is 0 Å². The van der Waals surface area contributed by atoms with E-state index < -0.39 is 40.6 Å². The lowest BCUT2D eigenvalue weighted by Crippen LogP contribution is -2.66. The van der Waals surface area contributed by atoms with E-state index in [-0.39, 0.29) is 4.47 Å². The smallest absolute Gasteiger partial charge is 0.276 e. The third-order valence-corrected chi connectivity index (χ3v) is 4.49. The van der Waals surface area contributed by atoms with Crippen LogP contribution in [0.25, 0.3) is 0 Å². The number of carbonyl (C=O) groups excluding carboxylic acids is 3. The Morgan fingerprint density at radius 3 is 2.38 bits per heavy atom. The predicted molar refractivity (Wildman–Crippen MR) is 71.4 cm³/mol. The summed E-state index contributed by atoms with van der Waals surface area (Å²) in [4.78, 5) is 36.9. The summed E-state index contributed by atoms with van der Waals surface area (Å²) in [5.41, 5.74) is -1.70. The number of rotatable bonds is 1. The van der Waals surface area contributed by atoms with Crippen LogP contribution in [0.1, 0.15) is 19.3 Å². The SMILES string of the molecule is O=C1NC(=O)C2(CCC2)C(=O)N1c1c(F)cc(F)cc1Br. The Bertz CT molecular complexity index is 665. The first-order chi connectivity index (χ1) is 9.86. The van der Waals surface area contributed by atoms with Gasteiger partial charge in [-0.15, -0.1) is 0 Å². The minimum atomic E-state index is -1.31. The van der Waals surface area contributed by atoms with Gasteiger partial charge in [-0.05, 0) is 34.8 Å². The van der Waals surface area contributed by atoms with Crippen LogP contribution in [0.15, 0.2) is 16.6 Å². The zero-order chi connectivity index (χ0) is 15.4. The number of imide groups is 2. The largest absolute Gasteiger partial charge is 0.335 e. The van der Waals surface area contributed by atoms with Crippen LogP contribution in [-0.2, 0) is 9.59 Å². The van der Waals surface area contributed by atoms with Crippen LogP contribution in [0.5, 0.6) is 0 Å². The van der Waals surface area contributed by atoms with Crippen molar-refractivity contribution in [3.05, 3.63) is 28.2 Å². The minimum absolute atomic E-state index is 0.0766. The maximum atomic E-state index is 14.0. The Balaban J connectivity index is 2.11. The average Bonchev–Trinajstić information content (AvgIpc) is 2.29. The second-order valence-electron chi connectivity index (χ2n) is 5.05. The van der Waals surface area contributed by atoms with E-state index in [4.69, 9.17) is 0 Å². The summed E-state index contributed by atoms with van der Waals surface area (Å²) in [5, 5.41) is 2.07. The summed E-state index contributed by atoms with van der Waals surface area (Å²) in [5.74, 6) is -3.33. The molecule has 4 amide bonds. The van der Waals surface area contributed by atoms with E-state index in [0.29, 0.717) is 30.2 Å². The number of hydrogen-bond donors (Lipinski definition) is 1. The number of barbiturate groups is 1. The first-order valence-corrected chi connectivity index (χ1v) is 7.00. The van der Waals surface area contributed by atoms with Crippen LogP contribution in [0, 0.1) is 17.0 Å². The summed E-state index contributed by atoms with van der Waals surface area (Å²) in [6.07, 6.45) is 1.29. The molecule has 0 unspecified atom stereocenters. The number of benzene rings is 1. The highest BCUT2D eigenvalue weighted by atomic mass is 79.9. The van der Waals surface area contributed by atoms with Crippen LogP contribution in [-0.4, -0.2) is 17.8 Å². The van der Waals surface area contributed by atoms with Gasteiger partial charge in [-0.1, -0.05) is 6.42 Å². The summed E-state index contributed by atoms with van der Waals surface area (Å²) in [7, 11) is 0. The third-order valence-electron chi connectivity index (χ3n) is 3.88. The van der Waals surface area contributed by atoms with Crippen molar-refractivity contribution in [1.82, 2.24) is 5.32 Å². The van der Waals surface area contributed by atoms with Crippen molar-refractivity contribution in [3.63, 3.8) is 0 Å². The van der Waals surface area contributed by atoms with E-state index in [2.05, 4.69) is 21.2 Å². The fourth-order valence-corrected chi connectivity index (χ4v) is 3.18. The van der Waals surface area contributed by atoms with Gasteiger partial charge >= 0.3 is 6.03 Å². The Morgan fingerprint density at radius 2 is 1.86 bits per heavy atom. The zero-order valence-electron chi connectivity index (χ0n) is 10.6. The number of nitrogens with one attached hydrogen (secondary N) is 1. The maximum absolute atomic E-state index is 14.0. The lowest BCUT2D eigenvalue weighted by atomic mass is 9.66. The molecule has 0 aromatic heterocycles. The molecule has 0 atom stereocenters. The topological polar surface area (TPSA) is 66.5 Å². The monoisotopic (exact) mass is 358 g/mol. The van der Waals surface area contributed by atoms with Crippen molar-refractivity contribution in [2.45, 2.75) is 19.3 Å². The van der Waals surface area contributed by atoms with E-state index in [1.807, 2.05) is 0 Å². The molecule has 5 nitrogen and oxygen atoms in total. The number of nitrogens with zero attached hydrogens (tertiary/aromatic N) is 1. The van der Waals surface area contributed by atoms with Crippen LogP contribution in [0.4, 0.5) is 19.3 Å². The molecular formula is C13H9BrF2N2O3. The second kappa shape index (κ2) is 4.59. The molecule has 1 saturated carbocycles. The molecule has 2 fully saturated rings. The maximum Gasteiger partial charge on any atom is 0.335 e. The van der Waals surface area contributed by atoms with Gasteiger partial charge in [0, 0.05) is 10.5 Å². The molecule has 1 aromatic rings. The van der Waals surface area contributed by atoms with E-state index in [1.54, 1.807) is 0 Å². The van der Waals surface area contributed by atoms with Gasteiger partial charge in [-0.3, -0.25) is 14.9 Å². The van der Waals surface area contributed by atoms with Gasteiger partial charge in [0.15, 0.2) is 5.82 Å². The Morgan fingerprint density at radius 1 is 1.19 bits per heavy atom. The van der Waals surface area contributed by atoms with E-state index >= 15 is 0 Å². The minimum Gasteiger partial charge on any atom is -0.276 e. The van der Waals surface area contributed by atoms with Gasteiger partial charge in [0.1, 0.15) is 16.9 Å². The Hall–Kier alpha value is -1.83. The standard InChI is InChI=1S/C13H9BrF2N2O3/c14-7-4-6(15)5-8(16)9(7)18-11(20)13(2-1-3-13)10(19)17-12(18)21/h4-5H,1-3H2,(H,17,19,21). The Kier molecular flexibility index (Phi) is 3.09. The number of carbonyl (C=O) groups is 3. The zero-order valence-corrected chi connectivity index (χ0v) is 12.2. The number of urea groups is 1. The number of halogens is 3. The molecule has 8 heteroatoms. The number of hydrogen-bond acceptors (Lipinski definition) is 3. The van der Waals surface area contributed by atoms with E-state index in [9.17, 15) is 23.2 Å². The highest BCUT2D eigenvalue weighted by Gasteiger charge is 2.58. The van der Waals surface area contributed by atoms with Gasteiger partial charge in [0.05, 0.1) is 0 Å². The highest BCUT2D eigenvalue weighted by Crippen LogP contribution is 2.46. The summed E-state index contributed by atoms with van der Waals surface area (Å²) < 4.78 is 27.0. The van der Waals surface area contributed by atoms with E-state index in [0.717, 1.165) is 6.07 Å². The fraction of sp³-hybridized carbons (Fsp3) is 0.308. The second-order valence-corrected chi connectivity index (χ2v) is 5.91. The predicted octanol–water partition coefficient (Wildman–Crippen LogP) is 2.48. The lowest BCUT2D eigenvalue weighted by molar-refractivity contribution is -0.148. The molecule has 1 saturated heterocycles. The van der Waals surface area contributed by atoms with Gasteiger partial charge in [0.2, 0.25) is 5.91 Å². The average molecular weight is 359 g/mol. The quantitative estimate of drug-likeness (QED) is 0.784. The summed E-state index contributed by atoms with van der Waals surface area (Å²) >= 11 is 2.94. The number of anilines is 1. The van der Waals surface area contributed by atoms with Gasteiger partial charge in [0.25, 0.3) is 5.91 Å². The van der Waals surface area contributed by atoms with Crippen molar-refractivity contribution < 1.29 is 23.2 Å². The molecule has 110 valence electrons. The van der Waals surface area contributed by atoms with Crippen molar-refractivity contribution >= 4 is 39.5 Å². The highest BCUT2D eigenvalue weighted by molar-refractivity contribution is 9.10. The molecule has 0 radical (unpaired) electrons. The molecule has 21 heavy (non-hydrogen) atoms. The Labute approximate surface area is 126 Å². The summed E-state index contributed by atoms with van der Waals surface area (Å²) in [6.45, 7) is 0. The van der Waals surface area contributed by atoms with Crippen LogP contribution < -0.4 is 10.2 Å². The molecule has 3 rings (SSSR count). The molecule has 1 N–H and O–H groups in total. The third kappa shape index (κ3) is 1.89. The lowest BCUT2D eigenvalue weighted by Gasteiger charge is -2.44. The molecule has 0 bridgehead atoms. The van der Waals surface area contributed by atoms with Gasteiger partial charge in [-0.2, -0.15) is 0 Å². The fourth-order valence-electron chi connectivity index (χ4n) is 2.60. The van der Waals surface area contributed by atoms with Crippen molar-refractivity contribution in [3.8, 4) is 0 Å². The summed E-state index contributed by atoms with van der Waals surface area (Å²) in [6, 6.07) is 0.488. The van der Waals surface area contributed by atoms with Crippen LogP contribution >= 0.6 is 15.9 Å². The molecule has 1 aliphatic heterocycles. The molecule has 1 aliphatic carbocycles. The van der Waals surface area contributed by atoms with Crippen molar-refractivity contribution in [1.29, 1.82) is 0 Å². The first kappa shape index (κ1) is 14.1. The van der Waals surface area contributed by atoms with Gasteiger partial charge in [-0.25, -0.2) is 18.5 Å². The molecule has 1 aromatic carbocycles. The first-order valence-electron chi connectivity index (χ1n) is 6.21. The molecule has 1 spiro atoms. The van der Waals surface area contributed by atoms with Crippen LogP contribution in [0.3, 0.4) is 0 Å². The van der Waals surface area contributed by atoms with Crippen molar-refractivity contribution in [2.24, 2.45) is 5.41 Å². The molecule has 1 heterocycles. The van der Waals surface area contributed by atoms with Gasteiger partial charge < -0.3 is 0 Å². The number of amides is 4. The normalized spacial score (nSPS) is 20.5. The molecular weight excluding hydrogens is 350 g/mol.